The van der Waals surface area contributed by atoms with Gasteiger partial charge in [0.2, 0.25) is 11.8 Å². The molecule has 0 bridgehead atoms. The third kappa shape index (κ3) is 3.66. The number of carbonyl (C=O) groups is 2. The van der Waals surface area contributed by atoms with Crippen molar-refractivity contribution >= 4 is 33.2 Å². The predicted octanol–water partition coefficient (Wildman–Crippen LogP) is 2.15. The minimum absolute atomic E-state index is 0.107. The highest BCUT2D eigenvalue weighted by Gasteiger charge is 2.42. The van der Waals surface area contributed by atoms with Crippen molar-refractivity contribution in [2.45, 2.75) is 36.5 Å². The standard InChI is InChI=1S/C19H21N3O4S/c1-2-19(12-11-17(23)21-18(19)24)13-3-7-15(8-4-13)22-27(25,26)16-9-5-14(20)6-10-16/h3-10,22H,2,11-12,20H2,1H3,(H,21,23,24). The van der Waals surface area contributed by atoms with Crippen LogP contribution in [-0.4, -0.2) is 20.2 Å². The molecule has 2 aromatic carbocycles. The molecule has 27 heavy (non-hydrogen) atoms. The van der Waals surface area contributed by atoms with Gasteiger partial charge in [-0.3, -0.25) is 19.6 Å². The summed E-state index contributed by atoms with van der Waals surface area (Å²) in [5.41, 5.74) is 6.43. The van der Waals surface area contributed by atoms with Gasteiger partial charge in [-0.05, 0) is 54.8 Å². The minimum Gasteiger partial charge on any atom is -0.399 e. The summed E-state index contributed by atoms with van der Waals surface area (Å²) in [6, 6.07) is 12.6. The van der Waals surface area contributed by atoms with Gasteiger partial charge in [0, 0.05) is 17.8 Å². The molecule has 1 heterocycles. The average Bonchev–Trinajstić information content (AvgIpc) is 2.63. The maximum atomic E-state index is 12.5. The van der Waals surface area contributed by atoms with Crippen molar-refractivity contribution in [2.75, 3.05) is 10.5 Å². The van der Waals surface area contributed by atoms with Crippen LogP contribution in [0.2, 0.25) is 0 Å². The number of nitrogens with one attached hydrogen (secondary N) is 2. The molecule has 1 atom stereocenters. The number of anilines is 2. The monoisotopic (exact) mass is 387 g/mol. The van der Waals surface area contributed by atoms with Crippen LogP contribution in [0.5, 0.6) is 0 Å². The van der Waals surface area contributed by atoms with E-state index >= 15 is 0 Å². The first kappa shape index (κ1) is 18.9. The van der Waals surface area contributed by atoms with Crippen LogP contribution in [0.3, 0.4) is 0 Å². The van der Waals surface area contributed by atoms with E-state index in [1.807, 2.05) is 6.92 Å². The summed E-state index contributed by atoms with van der Waals surface area (Å²) >= 11 is 0. The zero-order chi connectivity index (χ0) is 19.7. The quantitative estimate of drug-likeness (QED) is 0.537. The Morgan fingerprint density at radius 1 is 1.07 bits per heavy atom. The van der Waals surface area contributed by atoms with Crippen molar-refractivity contribution in [3.63, 3.8) is 0 Å². The largest absolute Gasteiger partial charge is 0.399 e. The molecule has 2 amide bonds. The van der Waals surface area contributed by atoms with E-state index in [4.69, 9.17) is 5.73 Å². The molecule has 1 unspecified atom stereocenters. The van der Waals surface area contributed by atoms with E-state index in [1.165, 1.54) is 24.3 Å². The zero-order valence-corrected chi connectivity index (χ0v) is 15.7. The van der Waals surface area contributed by atoms with Gasteiger partial charge < -0.3 is 5.73 Å². The van der Waals surface area contributed by atoms with Crippen molar-refractivity contribution in [3.8, 4) is 0 Å². The highest BCUT2D eigenvalue weighted by molar-refractivity contribution is 7.92. The van der Waals surface area contributed by atoms with E-state index in [-0.39, 0.29) is 23.1 Å². The van der Waals surface area contributed by atoms with Gasteiger partial charge in [0.1, 0.15) is 0 Å². The van der Waals surface area contributed by atoms with Crippen LogP contribution < -0.4 is 15.8 Å². The summed E-state index contributed by atoms with van der Waals surface area (Å²) in [5.74, 6) is -0.576. The van der Waals surface area contributed by atoms with Gasteiger partial charge in [0.05, 0.1) is 10.3 Å². The summed E-state index contributed by atoms with van der Waals surface area (Å²) in [5, 5.41) is 2.40. The van der Waals surface area contributed by atoms with Gasteiger partial charge in [0.25, 0.3) is 10.0 Å². The number of imide groups is 1. The Bertz CT molecular complexity index is 969. The first-order valence-corrected chi connectivity index (χ1v) is 10.1. The Balaban J connectivity index is 1.84. The molecular formula is C19H21N3O4S. The number of benzene rings is 2. The number of amides is 2. The molecule has 1 aliphatic rings. The first-order chi connectivity index (χ1) is 12.8. The molecular weight excluding hydrogens is 366 g/mol. The van der Waals surface area contributed by atoms with Crippen molar-refractivity contribution in [1.29, 1.82) is 0 Å². The number of piperidine rings is 1. The van der Waals surface area contributed by atoms with Crippen molar-refractivity contribution in [3.05, 3.63) is 54.1 Å². The number of rotatable bonds is 5. The van der Waals surface area contributed by atoms with Crippen molar-refractivity contribution in [2.24, 2.45) is 0 Å². The molecule has 7 nitrogen and oxygen atoms in total. The van der Waals surface area contributed by atoms with Gasteiger partial charge in [0.15, 0.2) is 0 Å². The first-order valence-electron chi connectivity index (χ1n) is 8.60. The fraction of sp³-hybridized carbons (Fsp3) is 0.263. The number of nitrogens with two attached hydrogens (primary N) is 1. The fourth-order valence-corrected chi connectivity index (χ4v) is 4.34. The van der Waals surface area contributed by atoms with Crippen LogP contribution >= 0.6 is 0 Å². The second-order valence-electron chi connectivity index (χ2n) is 6.56. The Hall–Kier alpha value is -2.87. The van der Waals surface area contributed by atoms with E-state index in [0.29, 0.717) is 24.2 Å². The summed E-state index contributed by atoms with van der Waals surface area (Å²) in [7, 11) is -3.74. The van der Waals surface area contributed by atoms with Crippen LogP contribution in [0.1, 0.15) is 31.7 Å². The van der Waals surface area contributed by atoms with Crippen molar-refractivity contribution < 1.29 is 18.0 Å². The van der Waals surface area contributed by atoms with E-state index < -0.39 is 15.4 Å². The molecule has 0 radical (unpaired) electrons. The van der Waals surface area contributed by atoms with Crippen LogP contribution in [-0.2, 0) is 25.0 Å². The van der Waals surface area contributed by atoms with E-state index in [9.17, 15) is 18.0 Å². The molecule has 0 aliphatic carbocycles. The summed E-state index contributed by atoms with van der Waals surface area (Å²) in [6.07, 6.45) is 1.26. The molecule has 3 rings (SSSR count). The van der Waals surface area contributed by atoms with Gasteiger partial charge in [-0.2, -0.15) is 0 Å². The zero-order valence-electron chi connectivity index (χ0n) is 14.9. The molecule has 4 N–H and O–H groups in total. The lowest BCUT2D eigenvalue weighted by Gasteiger charge is -2.35. The lowest BCUT2D eigenvalue weighted by molar-refractivity contribution is -0.138. The molecule has 1 fully saturated rings. The average molecular weight is 387 g/mol. The smallest absolute Gasteiger partial charge is 0.261 e. The maximum absolute atomic E-state index is 12.5. The van der Waals surface area contributed by atoms with E-state index in [0.717, 1.165) is 5.56 Å². The molecule has 1 aliphatic heterocycles. The Labute approximate surface area is 158 Å². The number of hydrogen-bond donors (Lipinski definition) is 3. The molecule has 0 aromatic heterocycles. The molecule has 0 spiro atoms. The topological polar surface area (TPSA) is 118 Å². The second kappa shape index (κ2) is 7.03. The fourth-order valence-electron chi connectivity index (χ4n) is 3.28. The van der Waals surface area contributed by atoms with E-state index in [1.54, 1.807) is 24.3 Å². The minimum atomic E-state index is -3.74. The summed E-state index contributed by atoms with van der Waals surface area (Å²) < 4.78 is 27.4. The Morgan fingerprint density at radius 2 is 1.70 bits per heavy atom. The van der Waals surface area contributed by atoms with Crippen LogP contribution in [0.4, 0.5) is 11.4 Å². The lowest BCUT2D eigenvalue weighted by atomic mass is 9.72. The van der Waals surface area contributed by atoms with Crippen molar-refractivity contribution in [1.82, 2.24) is 5.32 Å². The van der Waals surface area contributed by atoms with Crippen LogP contribution in [0, 0.1) is 0 Å². The number of carbonyl (C=O) groups excluding carboxylic acids is 2. The molecule has 1 saturated heterocycles. The summed E-state index contributed by atoms with van der Waals surface area (Å²) in [6.45, 7) is 1.90. The molecule has 2 aromatic rings. The van der Waals surface area contributed by atoms with Gasteiger partial charge in [-0.15, -0.1) is 0 Å². The number of sulfonamides is 1. The van der Waals surface area contributed by atoms with Gasteiger partial charge in [-0.1, -0.05) is 19.1 Å². The summed E-state index contributed by atoms with van der Waals surface area (Å²) in [4.78, 5) is 24.0. The predicted molar refractivity (Wildman–Crippen MR) is 102 cm³/mol. The van der Waals surface area contributed by atoms with Crippen LogP contribution in [0.15, 0.2) is 53.4 Å². The highest BCUT2D eigenvalue weighted by atomic mass is 32.2. The Morgan fingerprint density at radius 3 is 2.26 bits per heavy atom. The number of nitrogen functional groups attached to an aromatic ring is 1. The maximum Gasteiger partial charge on any atom is 0.261 e. The molecule has 0 saturated carbocycles. The number of hydrogen-bond acceptors (Lipinski definition) is 5. The van der Waals surface area contributed by atoms with Gasteiger partial charge in [-0.25, -0.2) is 8.42 Å². The second-order valence-corrected chi connectivity index (χ2v) is 8.25. The van der Waals surface area contributed by atoms with Crippen LogP contribution in [0.25, 0.3) is 0 Å². The van der Waals surface area contributed by atoms with E-state index in [2.05, 4.69) is 10.0 Å². The molecule has 142 valence electrons. The lowest BCUT2D eigenvalue weighted by Crippen LogP contribution is -2.51. The van der Waals surface area contributed by atoms with Gasteiger partial charge >= 0.3 is 0 Å². The highest BCUT2D eigenvalue weighted by Crippen LogP contribution is 2.36. The molecule has 8 heteroatoms. The Kier molecular flexibility index (Phi) is 4.93. The SMILES string of the molecule is CCC1(c2ccc(NS(=O)(=O)c3ccc(N)cc3)cc2)CCC(=O)NC1=O. The third-order valence-corrected chi connectivity index (χ3v) is 6.35. The third-order valence-electron chi connectivity index (χ3n) is 4.95. The normalized spacial score (nSPS) is 20.2.